The number of carbonyl (C=O) groups excluding carboxylic acids is 3. The van der Waals surface area contributed by atoms with Crippen molar-refractivity contribution >= 4 is 40.8 Å². The summed E-state index contributed by atoms with van der Waals surface area (Å²) in [6, 6.07) is 9.94. The molecule has 2 rings (SSSR count). The largest absolute Gasteiger partial charge is 0.452 e. The second-order valence-electron chi connectivity index (χ2n) is 6.56. The molecule has 0 heterocycles. The smallest absolute Gasteiger partial charge is 0.338 e. The molecule has 0 unspecified atom stereocenters. The second kappa shape index (κ2) is 9.93. The van der Waals surface area contributed by atoms with Crippen LogP contribution in [0.2, 0.25) is 5.02 Å². The van der Waals surface area contributed by atoms with E-state index in [9.17, 15) is 14.4 Å². The molecule has 0 spiro atoms. The summed E-state index contributed by atoms with van der Waals surface area (Å²) in [5.41, 5.74) is 8.79. The van der Waals surface area contributed by atoms with Crippen LogP contribution in [0.4, 0.5) is 11.4 Å². The number of carbonyl (C=O) groups is 3. The van der Waals surface area contributed by atoms with Crippen molar-refractivity contribution < 1.29 is 19.1 Å². The zero-order valence-corrected chi connectivity index (χ0v) is 17.4. The van der Waals surface area contributed by atoms with Crippen LogP contribution in [0, 0.1) is 13.8 Å². The van der Waals surface area contributed by atoms with Crippen LogP contribution < -0.4 is 11.1 Å². The molecule has 2 amide bonds. The monoisotopic (exact) mass is 417 g/mol. The number of esters is 1. The van der Waals surface area contributed by atoms with Gasteiger partial charge in [0.15, 0.2) is 6.61 Å². The van der Waals surface area contributed by atoms with Crippen LogP contribution in [-0.4, -0.2) is 42.4 Å². The number of aryl methyl sites for hydroxylation is 2. The van der Waals surface area contributed by atoms with Crippen molar-refractivity contribution in [2.45, 2.75) is 20.8 Å². The van der Waals surface area contributed by atoms with Gasteiger partial charge in [0, 0.05) is 22.9 Å². The highest BCUT2D eigenvalue weighted by Gasteiger charge is 2.19. The van der Waals surface area contributed by atoms with E-state index in [4.69, 9.17) is 22.1 Å². The number of anilines is 2. The standard InChI is InChI=1S/C21H24ClN3O4/c1-4-25(11-19(26)24-18-10-16(22)8-6-14(18)3)20(27)12-29-21(28)15-7-5-13(2)17(23)9-15/h5-10H,4,11-12,23H2,1-3H3,(H,24,26). The molecule has 2 aromatic rings. The normalized spacial score (nSPS) is 10.3. The van der Waals surface area contributed by atoms with E-state index < -0.39 is 18.5 Å². The maximum absolute atomic E-state index is 12.4. The Kier molecular flexibility index (Phi) is 7.61. The Balaban J connectivity index is 1.92. The minimum Gasteiger partial charge on any atom is -0.452 e. The Morgan fingerprint density at radius 3 is 2.45 bits per heavy atom. The van der Waals surface area contributed by atoms with Crippen molar-refractivity contribution in [1.29, 1.82) is 0 Å². The summed E-state index contributed by atoms with van der Waals surface area (Å²) in [7, 11) is 0. The number of nitrogens with one attached hydrogen (secondary N) is 1. The first-order valence-electron chi connectivity index (χ1n) is 9.08. The molecular weight excluding hydrogens is 394 g/mol. The molecule has 3 N–H and O–H groups in total. The highest BCUT2D eigenvalue weighted by Crippen LogP contribution is 2.20. The van der Waals surface area contributed by atoms with E-state index in [1.54, 1.807) is 37.3 Å². The molecule has 0 aliphatic heterocycles. The lowest BCUT2D eigenvalue weighted by Crippen LogP contribution is -2.40. The topological polar surface area (TPSA) is 102 Å². The fraction of sp³-hybridized carbons (Fsp3) is 0.286. The Morgan fingerprint density at radius 2 is 1.79 bits per heavy atom. The third-order valence-electron chi connectivity index (χ3n) is 4.38. The quantitative estimate of drug-likeness (QED) is 0.532. The number of hydrogen-bond acceptors (Lipinski definition) is 5. The van der Waals surface area contributed by atoms with E-state index in [0.29, 0.717) is 16.4 Å². The minimum atomic E-state index is -0.653. The number of hydrogen-bond donors (Lipinski definition) is 2. The molecule has 0 saturated carbocycles. The number of halogens is 1. The Labute approximate surface area is 174 Å². The number of likely N-dealkylation sites (N-methyl/N-ethyl adjacent to an activating group) is 1. The molecule has 7 nitrogen and oxygen atoms in total. The van der Waals surface area contributed by atoms with Gasteiger partial charge in [0.25, 0.3) is 5.91 Å². The van der Waals surface area contributed by atoms with Gasteiger partial charge in [-0.15, -0.1) is 0 Å². The zero-order chi connectivity index (χ0) is 21.6. The van der Waals surface area contributed by atoms with E-state index in [-0.39, 0.29) is 24.6 Å². The number of amides is 2. The molecule has 29 heavy (non-hydrogen) atoms. The fourth-order valence-electron chi connectivity index (χ4n) is 2.54. The molecule has 0 saturated heterocycles. The summed E-state index contributed by atoms with van der Waals surface area (Å²) >= 11 is 5.95. The molecule has 0 fully saturated rings. The molecule has 154 valence electrons. The van der Waals surface area contributed by atoms with Crippen LogP contribution >= 0.6 is 11.6 Å². The first-order valence-corrected chi connectivity index (χ1v) is 9.46. The minimum absolute atomic E-state index is 0.170. The lowest BCUT2D eigenvalue weighted by atomic mass is 10.1. The molecule has 0 radical (unpaired) electrons. The first kappa shape index (κ1) is 22.2. The molecule has 2 aromatic carbocycles. The Morgan fingerprint density at radius 1 is 1.10 bits per heavy atom. The van der Waals surface area contributed by atoms with E-state index in [1.165, 1.54) is 11.0 Å². The lowest BCUT2D eigenvalue weighted by Gasteiger charge is -2.20. The van der Waals surface area contributed by atoms with Crippen LogP contribution in [0.3, 0.4) is 0 Å². The third kappa shape index (κ3) is 6.22. The van der Waals surface area contributed by atoms with Crippen LogP contribution in [0.5, 0.6) is 0 Å². The number of nitrogens with two attached hydrogens (primary N) is 1. The van der Waals surface area contributed by atoms with Crippen molar-refractivity contribution in [3.8, 4) is 0 Å². The molecule has 0 aliphatic rings. The van der Waals surface area contributed by atoms with Gasteiger partial charge < -0.3 is 20.7 Å². The molecular formula is C21H24ClN3O4. The van der Waals surface area contributed by atoms with Gasteiger partial charge in [-0.05, 0) is 56.2 Å². The SMILES string of the molecule is CCN(CC(=O)Nc1cc(Cl)ccc1C)C(=O)COC(=O)c1ccc(C)c(N)c1. The zero-order valence-electron chi connectivity index (χ0n) is 16.6. The highest BCUT2D eigenvalue weighted by molar-refractivity contribution is 6.31. The summed E-state index contributed by atoms with van der Waals surface area (Å²) in [5, 5.41) is 3.23. The summed E-state index contributed by atoms with van der Waals surface area (Å²) in [5.74, 6) is -1.50. The maximum Gasteiger partial charge on any atom is 0.338 e. The van der Waals surface area contributed by atoms with Gasteiger partial charge in [-0.1, -0.05) is 23.7 Å². The summed E-state index contributed by atoms with van der Waals surface area (Å²) in [6.45, 7) is 5.05. The van der Waals surface area contributed by atoms with Crippen molar-refractivity contribution in [3.63, 3.8) is 0 Å². The van der Waals surface area contributed by atoms with Gasteiger partial charge in [0.2, 0.25) is 5.91 Å². The van der Waals surface area contributed by atoms with E-state index in [2.05, 4.69) is 5.32 Å². The highest BCUT2D eigenvalue weighted by atomic mass is 35.5. The van der Waals surface area contributed by atoms with Gasteiger partial charge in [-0.25, -0.2) is 4.79 Å². The third-order valence-corrected chi connectivity index (χ3v) is 4.62. The number of benzene rings is 2. The summed E-state index contributed by atoms with van der Waals surface area (Å²) in [6.07, 6.45) is 0. The summed E-state index contributed by atoms with van der Waals surface area (Å²) < 4.78 is 5.07. The maximum atomic E-state index is 12.4. The van der Waals surface area contributed by atoms with E-state index in [1.807, 2.05) is 13.8 Å². The number of rotatable bonds is 7. The number of nitrogen functional groups attached to an aromatic ring is 1. The molecule has 8 heteroatoms. The van der Waals surface area contributed by atoms with Gasteiger partial charge in [-0.2, -0.15) is 0 Å². The van der Waals surface area contributed by atoms with Gasteiger partial charge in [0.05, 0.1) is 12.1 Å². The summed E-state index contributed by atoms with van der Waals surface area (Å²) in [4.78, 5) is 38.1. The molecule has 0 aromatic heterocycles. The van der Waals surface area contributed by atoms with Crippen molar-refractivity contribution in [3.05, 3.63) is 58.1 Å². The Bertz CT molecular complexity index is 930. The van der Waals surface area contributed by atoms with Crippen LogP contribution in [-0.2, 0) is 14.3 Å². The van der Waals surface area contributed by atoms with Crippen LogP contribution in [0.25, 0.3) is 0 Å². The first-order chi connectivity index (χ1) is 13.7. The average Bonchev–Trinajstić information content (AvgIpc) is 2.68. The second-order valence-corrected chi connectivity index (χ2v) is 7.00. The lowest BCUT2D eigenvalue weighted by molar-refractivity contribution is -0.137. The van der Waals surface area contributed by atoms with Gasteiger partial charge in [0.1, 0.15) is 0 Å². The molecule has 0 atom stereocenters. The predicted molar refractivity (Wildman–Crippen MR) is 113 cm³/mol. The number of ether oxygens (including phenoxy) is 1. The van der Waals surface area contributed by atoms with Crippen molar-refractivity contribution in [1.82, 2.24) is 4.90 Å². The Hall–Kier alpha value is -3.06. The number of nitrogens with zero attached hydrogens (tertiary/aromatic N) is 1. The van der Waals surface area contributed by atoms with Crippen LogP contribution in [0.15, 0.2) is 36.4 Å². The van der Waals surface area contributed by atoms with E-state index >= 15 is 0 Å². The molecule has 0 bridgehead atoms. The van der Waals surface area contributed by atoms with E-state index in [0.717, 1.165) is 11.1 Å². The van der Waals surface area contributed by atoms with Crippen molar-refractivity contribution in [2.75, 3.05) is 30.7 Å². The van der Waals surface area contributed by atoms with Crippen LogP contribution in [0.1, 0.15) is 28.4 Å². The van der Waals surface area contributed by atoms with Crippen molar-refractivity contribution in [2.24, 2.45) is 0 Å². The average molecular weight is 418 g/mol. The fourth-order valence-corrected chi connectivity index (χ4v) is 2.71. The predicted octanol–water partition coefficient (Wildman–Crippen LogP) is 3.18. The van der Waals surface area contributed by atoms with Gasteiger partial charge >= 0.3 is 5.97 Å². The van der Waals surface area contributed by atoms with Gasteiger partial charge in [-0.3, -0.25) is 9.59 Å². The molecule has 0 aliphatic carbocycles.